The van der Waals surface area contributed by atoms with E-state index in [9.17, 15) is 19.5 Å². The lowest BCUT2D eigenvalue weighted by molar-refractivity contribution is -0.139. The van der Waals surface area contributed by atoms with Crippen LogP contribution in [0, 0.1) is 5.92 Å². The zero-order chi connectivity index (χ0) is 27.2. The van der Waals surface area contributed by atoms with Gasteiger partial charge < -0.3 is 20.3 Å². The summed E-state index contributed by atoms with van der Waals surface area (Å²) in [5.41, 5.74) is 5.27. The molecule has 2 aromatic heterocycles. The van der Waals surface area contributed by atoms with Crippen molar-refractivity contribution in [2.24, 2.45) is 5.92 Å². The first-order chi connectivity index (χ1) is 19.0. The summed E-state index contributed by atoms with van der Waals surface area (Å²) in [6.07, 6.45) is 9.79. The van der Waals surface area contributed by atoms with Crippen LogP contribution in [0.5, 0.6) is 0 Å². The lowest BCUT2D eigenvalue weighted by Gasteiger charge is -2.16. The number of amides is 2. The Morgan fingerprint density at radius 3 is 2.67 bits per heavy atom. The number of carbonyl (C=O) groups excluding carboxylic acids is 2. The Hall–Kier alpha value is -3.75. The molecular weight excluding hydrogens is 494 g/mol. The molecule has 1 aromatic carbocycles. The predicted octanol–water partition coefficient (Wildman–Crippen LogP) is 3.82. The fraction of sp³-hybridized carbons (Fsp3) is 0.500. The Labute approximate surface area is 228 Å². The number of hydrogen-bond acceptors (Lipinski definition) is 5. The third-order valence-electron chi connectivity index (χ3n) is 7.68. The fourth-order valence-electron chi connectivity index (χ4n) is 5.28. The van der Waals surface area contributed by atoms with Crippen molar-refractivity contribution in [1.29, 1.82) is 0 Å². The molecule has 9 heteroatoms. The number of carboxylic acid groups (broad SMARTS) is 1. The minimum Gasteiger partial charge on any atom is -0.480 e. The van der Waals surface area contributed by atoms with Crippen molar-refractivity contribution in [1.82, 2.24) is 25.2 Å². The summed E-state index contributed by atoms with van der Waals surface area (Å²) in [5.74, 6) is -1.02. The van der Waals surface area contributed by atoms with Crippen LogP contribution in [0.15, 0.2) is 36.4 Å². The van der Waals surface area contributed by atoms with Gasteiger partial charge >= 0.3 is 5.97 Å². The first-order valence-electron chi connectivity index (χ1n) is 14.2. The van der Waals surface area contributed by atoms with Crippen molar-refractivity contribution >= 4 is 28.8 Å². The summed E-state index contributed by atoms with van der Waals surface area (Å²) in [5, 5.41) is 15.1. The molecule has 5 rings (SSSR count). The van der Waals surface area contributed by atoms with Crippen molar-refractivity contribution in [3.63, 3.8) is 0 Å². The van der Waals surface area contributed by atoms with Gasteiger partial charge in [-0.1, -0.05) is 18.2 Å². The summed E-state index contributed by atoms with van der Waals surface area (Å²) in [6, 6.07) is 10.7. The fourth-order valence-corrected chi connectivity index (χ4v) is 5.28. The molecule has 1 atom stereocenters. The molecular formula is C30H37N5O4. The Morgan fingerprint density at radius 1 is 1.03 bits per heavy atom. The second kappa shape index (κ2) is 12.4. The molecule has 1 saturated carbocycles. The van der Waals surface area contributed by atoms with Gasteiger partial charge in [0.15, 0.2) is 5.82 Å². The number of fused-ring (bicyclic) bond motifs is 2. The Balaban J connectivity index is 1.06. The van der Waals surface area contributed by atoms with Crippen LogP contribution in [0.4, 0.5) is 0 Å². The molecule has 0 spiro atoms. The number of pyridine rings is 1. The van der Waals surface area contributed by atoms with E-state index in [1.165, 1.54) is 24.1 Å². The van der Waals surface area contributed by atoms with Crippen molar-refractivity contribution in [2.45, 2.75) is 83.2 Å². The number of carboxylic acids is 1. The summed E-state index contributed by atoms with van der Waals surface area (Å²) in [7, 11) is 0. The zero-order valence-corrected chi connectivity index (χ0v) is 22.3. The third kappa shape index (κ3) is 7.02. The van der Waals surface area contributed by atoms with Crippen LogP contribution in [-0.4, -0.2) is 50.0 Å². The number of nitrogens with one attached hydrogen (secondary N) is 2. The minimum absolute atomic E-state index is 0.0920. The molecule has 2 aliphatic rings. The highest BCUT2D eigenvalue weighted by molar-refractivity contribution is 5.97. The van der Waals surface area contributed by atoms with Crippen LogP contribution in [0.25, 0.3) is 11.0 Å². The number of carbonyl (C=O) groups is 3. The number of para-hydroxylation sites is 2. The Kier molecular flexibility index (Phi) is 8.54. The van der Waals surface area contributed by atoms with E-state index >= 15 is 0 Å². The molecule has 2 amide bonds. The number of imidazole rings is 1. The second-order valence-electron chi connectivity index (χ2n) is 10.8. The van der Waals surface area contributed by atoms with E-state index in [1.54, 1.807) is 0 Å². The summed E-state index contributed by atoms with van der Waals surface area (Å²) in [6.45, 7) is 0.862. The topological polar surface area (TPSA) is 126 Å². The molecule has 0 aliphatic heterocycles. The molecule has 1 unspecified atom stereocenters. The number of aryl methyl sites for hydroxylation is 3. The van der Waals surface area contributed by atoms with E-state index in [1.807, 2.05) is 28.8 Å². The van der Waals surface area contributed by atoms with Gasteiger partial charge in [-0.2, -0.15) is 0 Å². The van der Waals surface area contributed by atoms with E-state index in [2.05, 4.69) is 27.8 Å². The quantitative estimate of drug-likeness (QED) is 0.288. The first-order valence-corrected chi connectivity index (χ1v) is 14.2. The highest BCUT2D eigenvalue weighted by Crippen LogP contribution is 2.32. The van der Waals surface area contributed by atoms with Crippen LogP contribution in [0.1, 0.15) is 78.9 Å². The molecule has 1 fully saturated rings. The van der Waals surface area contributed by atoms with Gasteiger partial charge in [-0.05, 0) is 93.9 Å². The smallest absolute Gasteiger partial charge is 0.326 e. The van der Waals surface area contributed by atoms with Crippen LogP contribution < -0.4 is 10.6 Å². The van der Waals surface area contributed by atoms with Gasteiger partial charge in [0.1, 0.15) is 6.04 Å². The molecule has 3 N–H and O–H groups in total. The number of hydrogen-bond donors (Lipinski definition) is 3. The maximum atomic E-state index is 13.1. The van der Waals surface area contributed by atoms with Gasteiger partial charge in [0.25, 0.3) is 5.91 Å². The Bertz CT molecular complexity index is 1350. The average Bonchev–Trinajstić information content (AvgIpc) is 3.69. The van der Waals surface area contributed by atoms with Crippen molar-refractivity contribution < 1.29 is 19.5 Å². The highest BCUT2D eigenvalue weighted by atomic mass is 16.4. The van der Waals surface area contributed by atoms with Crippen LogP contribution >= 0.6 is 0 Å². The van der Waals surface area contributed by atoms with Gasteiger partial charge in [-0.3, -0.25) is 14.6 Å². The lowest BCUT2D eigenvalue weighted by Crippen LogP contribution is -2.44. The van der Waals surface area contributed by atoms with Crippen molar-refractivity contribution in [3.8, 4) is 0 Å². The molecule has 206 valence electrons. The Morgan fingerprint density at radius 2 is 1.85 bits per heavy atom. The number of aromatic nitrogens is 3. The molecule has 0 radical (unpaired) electrons. The molecule has 3 aromatic rings. The number of nitrogens with zero attached hydrogens (tertiary/aromatic N) is 3. The number of aliphatic carboxylic acids is 1. The van der Waals surface area contributed by atoms with E-state index < -0.39 is 17.9 Å². The average molecular weight is 532 g/mol. The van der Waals surface area contributed by atoms with Gasteiger partial charge in [0, 0.05) is 30.9 Å². The molecule has 0 bridgehead atoms. The monoisotopic (exact) mass is 531 g/mol. The van der Waals surface area contributed by atoms with Gasteiger partial charge in [0.05, 0.1) is 11.0 Å². The van der Waals surface area contributed by atoms with E-state index in [0.29, 0.717) is 24.4 Å². The number of rotatable bonds is 13. The SMILES string of the molecule is O=C(CCCCc1ccc2c(n1)CCCC2)NCCC(NC(=O)c1nc2ccccc2n1CC1CC1)C(=O)O. The number of unbranched alkanes of at least 4 members (excludes halogenated alkanes) is 1. The first kappa shape index (κ1) is 26.8. The largest absolute Gasteiger partial charge is 0.480 e. The summed E-state index contributed by atoms with van der Waals surface area (Å²) in [4.78, 5) is 46.5. The third-order valence-corrected chi connectivity index (χ3v) is 7.68. The molecule has 0 saturated heterocycles. The van der Waals surface area contributed by atoms with Crippen molar-refractivity contribution in [3.05, 3.63) is 59.2 Å². The predicted molar refractivity (Wildman–Crippen MR) is 147 cm³/mol. The molecule has 2 heterocycles. The van der Waals surface area contributed by atoms with Gasteiger partial charge in [-0.15, -0.1) is 0 Å². The van der Waals surface area contributed by atoms with Crippen molar-refractivity contribution in [2.75, 3.05) is 6.54 Å². The maximum absolute atomic E-state index is 13.1. The summed E-state index contributed by atoms with van der Waals surface area (Å²) >= 11 is 0. The molecule has 39 heavy (non-hydrogen) atoms. The van der Waals surface area contributed by atoms with Crippen LogP contribution in [0.3, 0.4) is 0 Å². The molecule has 9 nitrogen and oxygen atoms in total. The highest BCUT2D eigenvalue weighted by Gasteiger charge is 2.28. The normalized spacial score (nSPS) is 15.5. The van der Waals surface area contributed by atoms with E-state index in [4.69, 9.17) is 4.98 Å². The molecule has 2 aliphatic carbocycles. The van der Waals surface area contributed by atoms with Crippen LogP contribution in [-0.2, 0) is 35.4 Å². The van der Waals surface area contributed by atoms with E-state index in [-0.39, 0.29) is 24.7 Å². The standard InChI is InChI=1S/C30H37N5O4/c36-27(12-6-2-8-22-16-15-21-7-1-3-9-23(21)32-22)31-18-17-25(30(38)39)34-29(37)28-33-24-10-4-5-11-26(24)35(28)19-20-13-14-20/h4-5,10-11,15-16,20,25H,1-3,6-9,12-14,17-19H2,(H,31,36)(H,34,37)(H,38,39). The van der Waals surface area contributed by atoms with Gasteiger partial charge in [0.2, 0.25) is 5.91 Å². The maximum Gasteiger partial charge on any atom is 0.326 e. The second-order valence-corrected chi connectivity index (χ2v) is 10.8. The number of benzene rings is 1. The van der Waals surface area contributed by atoms with Gasteiger partial charge in [-0.25, -0.2) is 9.78 Å². The minimum atomic E-state index is -1.14. The van der Waals surface area contributed by atoms with E-state index in [0.717, 1.165) is 56.2 Å². The zero-order valence-electron chi connectivity index (χ0n) is 22.3. The lowest BCUT2D eigenvalue weighted by atomic mass is 9.95. The summed E-state index contributed by atoms with van der Waals surface area (Å²) < 4.78 is 1.89. The van der Waals surface area contributed by atoms with Crippen LogP contribution in [0.2, 0.25) is 0 Å².